The minimum Gasteiger partial charge on any atom is -0.386 e. The van der Waals surface area contributed by atoms with Gasteiger partial charge in [-0.05, 0) is 18.2 Å². The lowest BCUT2D eigenvalue weighted by Gasteiger charge is -2.03. The lowest BCUT2D eigenvalue weighted by molar-refractivity contribution is 0.496. The Morgan fingerprint density at radius 2 is 1.29 bits per heavy atom. The van der Waals surface area contributed by atoms with Crippen molar-refractivity contribution < 1.29 is 13.0 Å². The van der Waals surface area contributed by atoms with Crippen LogP contribution in [-0.2, 0) is 10.8 Å². The van der Waals surface area contributed by atoms with E-state index in [2.05, 4.69) is 8.83 Å². The Bertz CT molecular complexity index is 1340. The Labute approximate surface area is 133 Å². The first-order valence-electron chi connectivity index (χ1n) is 6.70. The summed E-state index contributed by atoms with van der Waals surface area (Å²) in [5.74, 6) is 0. The minimum atomic E-state index is -1.85. The Balaban J connectivity index is 2.24. The third-order valence-corrected chi connectivity index (χ3v) is 5.07. The molecule has 0 aliphatic heterocycles. The lowest BCUT2D eigenvalue weighted by Crippen LogP contribution is -2.03. The van der Waals surface area contributed by atoms with E-state index < -0.39 is 33.3 Å². The van der Waals surface area contributed by atoms with Crippen molar-refractivity contribution >= 4 is 32.3 Å². The van der Waals surface area contributed by atoms with Crippen molar-refractivity contribution in [3.63, 3.8) is 0 Å². The summed E-state index contributed by atoms with van der Waals surface area (Å²) in [4.78, 5) is 47.8. The molecule has 1 atom stereocenters. The molecule has 0 aliphatic rings. The lowest BCUT2D eigenvalue weighted by atomic mass is 10.1. The van der Waals surface area contributed by atoms with Crippen LogP contribution in [0.5, 0.6) is 0 Å². The van der Waals surface area contributed by atoms with E-state index in [1.54, 1.807) is 30.3 Å². The van der Waals surface area contributed by atoms with E-state index in [0.29, 0.717) is 4.90 Å². The number of hydrogen-bond acceptors (Lipinski definition) is 7. The predicted molar refractivity (Wildman–Crippen MR) is 84.6 cm³/mol. The fourth-order valence-corrected chi connectivity index (χ4v) is 3.89. The third-order valence-electron chi connectivity index (χ3n) is 3.65. The molecule has 4 rings (SSSR count). The van der Waals surface area contributed by atoms with Gasteiger partial charge in [-0.1, -0.05) is 18.2 Å². The molecular weight excluding hydrogens is 336 g/mol. The molecule has 2 heterocycles. The summed E-state index contributed by atoms with van der Waals surface area (Å²) in [5, 5.41) is -1.16. The Hall–Kier alpha value is -3.13. The van der Waals surface area contributed by atoms with Gasteiger partial charge in [0.05, 0.1) is 37.2 Å². The van der Waals surface area contributed by atoms with E-state index >= 15 is 0 Å². The molecule has 0 saturated heterocycles. The number of benzene rings is 2. The van der Waals surface area contributed by atoms with E-state index in [1.165, 1.54) is 0 Å². The normalized spacial score (nSPS) is 12.8. The monoisotopic (exact) mass is 342 g/mol. The number of furan rings is 2. The van der Waals surface area contributed by atoms with Crippen molar-refractivity contribution in [2.75, 3.05) is 0 Å². The molecule has 0 saturated carbocycles. The summed E-state index contributed by atoms with van der Waals surface area (Å²) in [6.07, 6.45) is 0. The summed E-state index contributed by atoms with van der Waals surface area (Å²) in [7, 11) is -1.85. The average molecular weight is 342 g/mol. The highest BCUT2D eigenvalue weighted by Crippen LogP contribution is 2.26. The number of rotatable bonds is 2. The predicted octanol–water partition coefficient (Wildman–Crippen LogP) is 0.662. The van der Waals surface area contributed by atoms with Gasteiger partial charge in [0.1, 0.15) is 0 Å². The van der Waals surface area contributed by atoms with Gasteiger partial charge in [0.15, 0.2) is 0 Å². The van der Waals surface area contributed by atoms with Crippen LogP contribution >= 0.6 is 0 Å². The van der Waals surface area contributed by atoms with Crippen molar-refractivity contribution in [3.05, 3.63) is 78.1 Å². The molecular formula is C16H6O7S. The second-order valence-electron chi connectivity index (χ2n) is 4.98. The third kappa shape index (κ3) is 1.86. The molecule has 8 heteroatoms. The number of hydrogen-bond donors (Lipinski definition) is 0. The van der Waals surface area contributed by atoms with Crippen LogP contribution in [0, 0.1) is 0 Å². The van der Waals surface area contributed by atoms with Gasteiger partial charge in [-0.3, -0.25) is 0 Å². The average Bonchev–Trinajstić information content (AvgIpc) is 3.03. The Morgan fingerprint density at radius 1 is 0.708 bits per heavy atom. The van der Waals surface area contributed by atoms with Crippen LogP contribution in [-0.4, -0.2) is 4.21 Å². The van der Waals surface area contributed by atoms with Crippen molar-refractivity contribution in [1.82, 2.24) is 0 Å². The SMILES string of the molecule is O=c1oc(=O)c2c1cc(S(=O)c1ccccc1)c1c(=O)oc(=O)c12. The van der Waals surface area contributed by atoms with Crippen LogP contribution in [0.25, 0.3) is 21.5 Å². The summed E-state index contributed by atoms with van der Waals surface area (Å²) in [5.41, 5.74) is -4.07. The molecule has 0 fully saturated rings. The molecule has 0 amide bonds. The maximum atomic E-state index is 12.8. The van der Waals surface area contributed by atoms with E-state index in [-0.39, 0.29) is 26.4 Å². The molecule has 0 bridgehead atoms. The van der Waals surface area contributed by atoms with Crippen molar-refractivity contribution in [2.45, 2.75) is 9.79 Å². The van der Waals surface area contributed by atoms with E-state index in [4.69, 9.17) is 0 Å². The van der Waals surface area contributed by atoms with Gasteiger partial charge in [-0.15, -0.1) is 0 Å². The summed E-state index contributed by atoms with van der Waals surface area (Å²) < 4.78 is 21.8. The second-order valence-corrected chi connectivity index (χ2v) is 6.43. The van der Waals surface area contributed by atoms with Gasteiger partial charge >= 0.3 is 22.5 Å². The molecule has 7 nitrogen and oxygen atoms in total. The zero-order chi connectivity index (χ0) is 17.0. The van der Waals surface area contributed by atoms with Gasteiger partial charge < -0.3 is 8.83 Å². The molecule has 4 aromatic rings. The zero-order valence-electron chi connectivity index (χ0n) is 11.7. The van der Waals surface area contributed by atoms with Crippen LogP contribution in [0.1, 0.15) is 0 Å². The highest BCUT2D eigenvalue weighted by molar-refractivity contribution is 7.85. The first kappa shape index (κ1) is 14.5. The van der Waals surface area contributed by atoms with Gasteiger partial charge in [0.25, 0.3) is 0 Å². The first-order valence-corrected chi connectivity index (χ1v) is 7.85. The standard InChI is InChI=1S/C16H6O7S/c17-13-8-6-9(24(21)7-4-2-1-3-5-7)11-12(10(8)14(18)22-13)16(20)23-15(11)19/h1-6H. The molecule has 0 N–H and O–H groups in total. The molecule has 0 radical (unpaired) electrons. The van der Waals surface area contributed by atoms with Gasteiger partial charge in [-0.2, -0.15) is 0 Å². The summed E-state index contributed by atoms with van der Waals surface area (Å²) >= 11 is 0. The highest BCUT2D eigenvalue weighted by Gasteiger charge is 2.25. The largest absolute Gasteiger partial charge is 0.386 e. The van der Waals surface area contributed by atoms with Crippen LogP contribution in [0.15, 0.2) is 74.2 Å². The maximum absolute atomic E-state index is 12.8. The van der Waals surface area contributed by atoms with E-state index in [0.717, 1.165) is 6.07 Å². The fraction of sp³-hybridized carbons (Fsp3) is 0. The van der Waals surface area contributed by atoms with Crippen molar-refractivity contribution in [3.8, 4) is 0 Å². The van der Waals surface area contributed by atoms with Gasteiger partial charge in [0.2, 0.25) is 0 Å². The van der Waals surface area contributed by atoms with Crippen LogP contribution < -0.4 is 22.5 Å². The molecule has 0 spiro atoms. The quantitative estimate of drug-likeness (QED) is 0.526. The Kier molecular flexibility index (Phi) is 2.97. The van der Waals surface area contributed by atoms with Crippen LogP contribution in [0.3, 0.4) is 0 Å². The number of fused-ring (bicyclic) bond motifs is 3. The Morgan fingerprint density at radius 3 is 2.00 bits per heavy atom. The van der Waals surface area contributed by atoms with E-state index in [1.807, 2.05) is 0 Å². The molecule has 2 aromatic carbocycles. The van der Waals surface area contributed by atoms with E-state index in [9.17, 15) is 23.4 Å². The first-order chi connectivity index (χ1) is 11.5. The van der Waals surface area contributed by atoms with Crippen LogP contribution in [0.2, 0.25) is 0 Å². The van der Waals surface area contributed by atoms with Gasteiger partial charge in [-0.25, -0.2) is 23.4 Å². The van der Waals surface area contributed by atoms with Crippen molar-refractivity contribution in [1.29, 1.82) is 0 Å². The minimum absolute atomic E-state index is 0.0718. The summed E-state index contributed by atoms with van der Waals surface area (Å²) in [6, 6.07) is 9.32. The maximum Gasteiger partial charge on any atom is 0.348 e. The van der Waals surface area contributed by atoms with Gasteiger partial charge in [0, 0.05) is 4.90 Å². The topological polar surface area (TPSA) is 112 Å². The smallest absolute Gasteiger partial charge is 0.348 e. The summed E-state index contributed by atoms with van der Waals surface area (Å²) in [6.45, 7) is 0. The second kappa shape index (κ2) is 4.93. The molecule has 24 heavy (non-hydrogen) atoms. The molecule has 0 aliphatic carbocycles. The van der Waals surface area contributed by atoms with Crippen molar-refractivity contribution in [2.24, 2.45) is 0 Å². The molecule has 1 unspecified atom stereocenters. The fourth-order valence-electron chi connectivity index (χ4n) is 2.63. The zero-order valence-corrected chi connectivity index (χ0v) is 12.5. The molecule has 118 valence electrons. The van der Waals surface area contributed by atoms with Crippen LogP contribution in [0.4, 0.5) is 0 Å². The molecule has 2 aromatic heterocycles. The highest BCUT2D eigenvalue weighted by atomic mass is 32.2.